The number of anilines is 1. The second kappa shape index (κ2) is 11.9. The van der Waals surface area contributed by atoms with E-state index in [1.807, 2.05) is 18.2 Å². The van der Waals surface area contributed by atoms with E-state index in [1.54, 1.807) is 18.2 Å². The van der Waals surface area contributed by atoms with Gasteiger partial charge in [-0.05, 0) is 42.0 Å². The normalized spacial score (nSPS) is 14.3. The smallest absolute Gasteiger partial charge is 0.416 e. The van der Waals surface area contributed by atoms with Gasteiger partial charge in [-0.1, -0.05) is 60.2 Å². The van der Waals surface area contributed by atoms with Gasteiger partial charge in [0.05, 0.1) is 10.6 Å². The zero-order valence-electron chi connectivity index (χ0n) is 19.8. The van der Waals surface area contributed by atoms with Crippen LogP contribution in [0.3, 0.4) is 0 Å². The molecule has 1 aliphatic rings. The summed E-state index contributed by atoms with van der Waals surface area (Å²) in [6.45, 7) is 3.88. The van der Waals surface area contributed by atoms with Crippen molar-refractivity contribution in [2.45, 2.75) is 12.7 Å². The number of carbonyl (C=O) groups excluding carboxylic acids is 1. The lowest BCUT2D eigenvalue weighted by Crippen LogP contribution is -2.48. The van der Waals surface area contributed by atoms with Crippen molar-refractivity contribution in [3.05, 3.63) is 94.5 Å². The second-order valence-electron chi connectivity index (χ2n) is 8.61. The maximum absolute atomic E-state index is 12.9. The van der Waals surface area contributed by atoms with Gasteiger partial charge in [0.1, 0.15) is 10.7 Å². The van der Waals surface area contributed by atoms with E-state index >= 15 is 0 Å². The van der Waals surface area contributed by atoms with Gasteiger partial charge in [0.25, 0.3) is 5.91 Å². The van der Waals surface area contributed by atoms with Crippen LogP contribution in [0.2, 0.25) is 5.02 Å². The van der Waals surface area contributed by atoms with E-state index in [0.717, 1.165) is 50.4 Å². The first-order valence-corrected chi connectivity index (χ1v) is 12.4. The summed E-state index contributed by atoms with van der Waals surface area (Å²) in [4.78, 5) is 17.4. The van der Waals surface area contributed by atoms with Gasteiger partial charge in [0.2, 0.25) is 0 Å². The van der Waals surface area contributed by atoms with Crippen LogP contribution in [0, 0.1) is 0 Å². The van der Waals surface area contributed by atoms with Crippen LogP contribution in [-0.4, -0.2) is 53.5 Å². The minimum atomic E-state index is -4.50. The first-order valence-electron chi connectivity index (χ1n) is 11.6. The summed E-state index contributed by atoms with van der Waals surface area (Å²) >= 11 is 12.1. The van der Waals surface area contributed by atoms with Crippen LogP contribution in [0.4, 0.5) is 18.9 Å². The molecule has 3 aromatic rings. The van der Waals surface area contributed by atoms with Gasteiger partial charge in [-0.15, -0.1) is 0 Å². The van der Waals surface area contributed by atoms with E-state index in [0.29, 0.717) is 4.99 Å². The van der Waals surface area contributed by atoms with Crippen molar-refractivity contribution in [1.29, 1.82) is 0 Å². The molecule has 1 amide bonds. The summed E-state index contributed by atoms with van der Waals surface area (Å²) < 4.78 is 44.1. The molecular weight excluding hydrogens is 523 g/mol. The highest BCUT2D eigenvalue weighted by molar-refractivity contribution is 7.80. The molecule has 3 aromatic carbocycles. The number of nitrogens with zero attached hydrogens (tertiary/aromatic N) is 2. The minimum Gasteiger partial charge on any atom is -0.482 e. The molecule has 5 nitrogen and oxygen atoms in total. The zero-order valence-corrected chi connectivity index (χ0v) is 21.4. The average molecular weight is 548 g/mol. The molecule has 37 heavy (non-hydrogen) atoms. The molecule has 0 saturated carbocycles. The maximum Gasteiger partial charge on any atom is 0.416 e. The lowest BCUT2D eigenvalue weighted by Gasteiger charge is -2.36. The number of thiocarbonyl (C=S) groups is 1. The van der Waals surface area contributed by atoms with Gasteiger partial charge < -0.3 is 15.0 Å². The van der Waals surface area contributed by atoms with Crippen LogP contribution in [0.25, 0.3) is 0 Å². The number of carbonyl (C=O) groups is 1. The molecule has 4 rings (SSSR count). The van der Waals surface area contributed by atoms with E-state index in [-0.39, 0.29) is 16.5 Å². The Morgan fingerprint density at radius 3 is 2.38 bits per heavy atom. The molecule has 1 N–H and O–H groups in total. The highest BCUT2D eigenvalue weighted by Gasteiger charge is 2.30. The summed E-state index contributed by atoms with van der Waals surface area (Å²) in [5, 5.41) is 2.68. The molecule has 0 radical (unpaired) electrons. The average Bonchev–Trinajstić information content (AvgIpc) is 2.88. The molecule has 1 fully saturated rings. The van der Waals surface area contributed by atoms with Gasteiger partial charge >= 0.3 is 6.18 Å². The molecule has 1 heterocycles. The Morgan fingerprint density at radius 1 is 0.973 bits per heavy atom. The predicted molar refractivity (Wildman–Crippen MR) is 142 cm³/mol. The third kappa shape index (κ3) is 7.44. The van der Waals surface area contributed by atoms with Gasteiger partial charge in [-0.25, -0.2) is 0 Å². The molecule has 10 heteroatoms. The minimum absolute atomic E-state index is 0.0269. The van der Waals surface area contributed by atoms with Crippen LogP contribution in [0.15, 0.2) is 72.8 Å². The fraction of sp³-hybridized carbons (Fsp3) is 0.259. The van der Waals surface area contributed by atoms with Crippen molar-refractivity contribution in [2.75, 3.05) is 38.1 Å². The third-order valence-electron chi connectivity index (χ3n) is 5.92. The highest BCUT2D eigenvalue weighted by Crippen LogP contribution is 2.31. The van der Waals surface area contributed by atoms with E-state index < -0.39 is 24.3 Å². The highest BCUT2D eigenvalue weighted by atomic mass is 35.5. The van der Waals surface area contributed by atoms with Crippen molar-refractivity contribution in [3.63, 3.8) is 0 Å². The van der Waals surface area contributed by atoms with Crippen molar-refractivity contribution in [2.24, 2.45) is 0 Å². The van der Waals surface area contributed by atoms with Gasteiger partial charge in [-0.3, -0.25) is 9.69 Å². The molecule has 1 aliphatic heterocycles. The van der Waals surface area contributed by atoms with Crippen LogP contribution in [0.1, 0.15) is 16.7 Å². The Morgan fingerprint density at radius 2 is 1.70 bits per heavy atom. The number of alkyl halides is 3. The number of piperazine rings is 1. The van der Waals surface area contributed by atoms with Crippen molar-refractivity contribution in [3.8, 4) is 5.75 Å². The number of hydrogen-bond donors (Lipinski definition) is 1. The molecule has 0 spiro atoms. The first-order chi connectivity index (χ1) is 17.7. The lowest BCUT2D eigenvalue weighted by molar-refractivity contribution is -0.137. The summed E-state index contributed by atoms with van der Waals surface area (Å²) in [6.07, 6.45) is -4.50. The van der Waals surface area contributed by atoms with E-state index in [1.165, 1.54) is 17.7 Å². The van der Waals surface area contributed by atoms with Gasteiger partial charge in [0, 0.05) is 44.0 Å². The lowest BCUT2D eigenvalue weighted by atomic mass is 10.1. The van der Waals surface area contributed by atoms with Gasteiger partial charge in [0.15, 0.2) is 6.61 Å². The van der Waals surface area contributed by atoms with Gasteiger partial charge in [-0.2, -0.15) is 13.2 Å². The fourth-order valence-corrected chi connectivity index (χ4v) is 4.54. The zero-order chi connectivity index (χ0) is 26.4. The number of nitrogens with one attached hydrogen (secondary N) is 1. The van der Waals surface area contributed by atoms with Crippen LogP contribution >= 0.6 is 23.8 Å². The molecule has 0 aliphatic carbocycles. The topological polar surface area (TPSA) is 44.8 Å². The van der Waals surface area contributed by atoms with Crippen LogP contribution < -0.4 is 10.1 Å². The van der Waals surface area contributed by atoms with E-state index in [2.05, 4.69) is 27.2 Å². The first kappa shape index (κ1) is 26.9. The van der Waals surface area contributed by atoms with Crippen molar-refractivity contribution < 1.29 is 22.7 Å². The SMILES string of the molecule is O=C(COc1ccc(C(=S)N2CCN(Cc3ccccc3)CC2)cc1Cl)Nc1cccc(C(F)(F)F)c1. The second-order valence-corrected chi connectivity index (χ2v) is 9.41. The Kier molecular flexibility index (Phi) is 8.68. The Balaban J connectivity index is 1.28. The van der Waals surface area contributed by atoms with Crippen molar-refractivity contribution in [1.82, 2.24) is 9.80 Å². The Bertz CT molecular complexity index is 1250. The fourth-order valence-electron chi connectivity index (χ4n) is 4.00. The standard InChI is InChI=1S/C27H25ClF3N3O2S/c28-23-15-20(26(37)34-13-11-33(12-14-34)17-19-5-2-1-3-6-19)9-10-24(23)36-18-25(35)32-22-8-4-7-21(16-22)27(29,30)31/h1-10,15-16H,11-14,17-18H2,(H,32,35). The molecule has 0 unspecified atom stereocenters. The summed E-state index contributed by atoms with van der Waals surface area (Å²) in [5.74, 6) is -0.330. The monoisotopic (exact) mass is 547 g/mol. The number of halogens is 4. The number of benzene rings is 3. The predicted octanol–water partition coefficient (Wildman–Crippen LogP) is 5.87. The van der Waals surface area contributed by atoms with Crippen LogP contribution in [-0.2, 0) is 17.5 Å². The summed E-state index contributed by atoms with van der Waals surface area (Å²) in [6, 6.07) is 19.8. The molecular formula is C27H25ClF3N3O2S. The Hall–Kier alpha value is -3.14. The van der Waals surface area contributed by atoms with E-state index in [9.17, 15) is 18.0 Å². The quantitative estimate of drug-likeness (QED) is 0.375. The van der Waals surface area contributed by atoms with Crippen molar-refractivity contribution >= 4 is 40.4 Å². The van der Waals surface area contributed by atoms with Crippen LogP contribution in [0.5, 0.6) is 5.75 Å². The maximum atomic E-state index is 12.9. The molecule has 194 valence electrons. The number of hydrogen-bond acceptors (Lipinski definition) is 4. The third-order valence-corrected chi connectivity index (χ3v) is 6.71. The number of ether oxygens (including phenoxy) is 1. The molecule has 0 atom stereocenters. The number of rotatable bonds is 7. The largest absolute Gasteiger partial charge is 0.482 e. The summed E-state index contributed by atoms with van der Waals surface area (Å²) in [7, 11) is 0. The summed E-state index contributed by atoms with van der Waals surface area (Å²) in [5.41, 5.74) is 1.24. The molecule has 0 bridgehead atoms. The number of amides is 1. The molecule has 0 aromatic heterocycles. The Labute approximate surface area is 223 Å². The molecule has 1 saturated heterocycles. The van der Waals surface area contributed by atoms with E-state index in [4.69, 9.17) is 28.6 Å².